The molecule has 0 amide bonds. The molecule has 0 fully saturated rings. The van der Waals surface area contributed by atoms with Crippen LogP contribution >= 0.6 is 0 Å². The number of ether oxygens (including phenoxy) is 3. The zero-order chi connectivity index (χ0) is 58.5. The summed E-state index contributed by atoms with van der Waals surface area (Å²) in [5, 5.41) is 0. The smallest absolute Gasteiger partial charge is 0.306 e. The van der Waals surface area contributed by atoms with E-state index in [0.717, 1.165) is 109 Å². The van der Waals surface area contributed by atoms with Gasteiger partial charge in [0.05, 0.1) is 0 Å². The van der Waals surface area contributed by atoms with Gasteiger partial charge in [0.2, 0.25) is 0 Å². The van der Waals surface area contributed by atoms with Crippen molar-refractivity contribution in [3.05, 3.63) is 122 Å². The Balaban J connectivity index is 4.40. The summed E-state index contributed by atoms with van der Waals surface area (Å²) in [6, 6.07) is 0. The van der Waals surface area contributed by atoms with Gasteiger partial charge in [-0.05, 0) is 103 Å². The first-order chi connectivity index (χ1) is 40.0. The second kappa shape index (κ2) is 68.3. The molecule has 0 heterocycles. The van der Waals surface area contributed by atoms with Crippen LogP contribution in [0.1, 0.15) is 316 Å². The van der Waals surface area contributed by atoms with Gasteiger partial charge in [-0.1, -0.05) is 316 Å². The number of unbranched alkanes of at least 4 members (excludes halogenated alkanes) is 30. The van der Waals surface area contributed by atoms with E-state index in [1.807, 2.05) is 0 Å². The van der Waals surface area contributed by atoms with Crippen LogP contribution in [0.25, 0.3) is 0 Å². The second-order valence-corrected chi connectivity index (χ2v) is 22.3. The summed E-state index contributed by atoms with van der Waals surface area (Å²) in [7, 11) is 0. The van der Waals surface area contributed by atoms with Crippen LogP contribution < -0.4 is 0 Å². The largest absolute Gasteiger partial charge is 0.462 e. The van der Waals surface area contributed by atoms with Crippen LogP contribution in [-0.4, -0.2) is 37.2 Å². The number of hydrogen-bond acceptors (Lipinski definition) is 6. The lowest BCUT2D eigenvalue weighted by Gasteiger charge is -2.18. The minimum absolute atomic E-state index is 0.110. The zero-order valence-corrected chi connectivity index (χ0v) is 53.0. The van der Waals surface area contributed by atoms with Crippen molar-refractivity contribution in [2.75, 3.05) is 13.2 Å². The number of hydrogen-bond donors (Lipinski definition) is 0. The van der Waals surface area contributed by atoms with Crippen LogP contribution in [0, 0.1) is 0 Å². The summed E-state index contributed by atoms with van der Waals surface area (Å²) in [5.41, 5.74) is 0. The monoisotopic (exact) mass is 1120 g/mol. The Labute approximate surface area is 501 Å². The second-order valence-electron chi connectivity index (χ2n) is 22.3. The lowest BCUT2D eigenvalue weighted by molar-refractivity contribution is -0.167. The van der Waals surface area contributed by atoms with Crippen LogP contribution in [-0.2, 0) is 28.6 Å². The summed E-state index contributed by atoms with van der Waals surface area (Å²) in [4.78, 5) is 38.4. The minimum Gasteiger partial charge on any atom is -0.462 e. The van der Waals surface area contributed by atoms with E-state index in [0.29, 0.717) is 19.3 Å². The van der Waals surface area contributed by atoms with Crippen molar-refractivity contribution < 1.29 is 28.6 Å². The Bertz CT molecular complexity index is 1670. The Hall–Kier alpha value is -4.19. The van der Waals surface area contributed by atoms with Gasteiger partial charge in [0, 0.05) is 19.3 Å². The maximum absolute atomic E-state index is 12.9. The summed E-state index contributed by atoms with van der Waals surface area (Å²) in [5.74, 6) is -0.995. The van der Waals surface area contributed by atoms with Crippen molar-refractivity contribution in [3.8, 4) is 0 Å². The molecule has 0 radical (unpaired) electrons. The number of allylic oxidation sites excluding steroid dienone is 20. The Kier molecular flexibility index (Phi) is 64.8. The summed E-state index contributed by atoms with van der Waals surface area (Å²) >= 11 is 0. The normalized spacial score (nSPS) is 12.9. The predicted octanol–water partition coefficient (Wildman–Crippen LogP) is 23.6. The molecule has 0 N–H and O–H groups in total. The van der Waals surface area contributed by atoms with Crippen molar-refractivity contribution >= 4 is 17.9 Å². The molecular formula is C75H126O6. The van der Waals surface area contributed by atoms with Gasteiger partial charge in [-0.3, -0.25) is 14.4 Å². The molecule has 0 aromatic rings. The van der Waals surface area contributed by atoms with E-state index >= 15 is 0 Å². The Morgan fingerprint density at radius 2 is 0.494 bits per heavy atom. The number of rotatable bonds is 61. The number of carbonyl (C=O) groups is 3. The molecule has 81 heavy (non-hydrogen) atoms. The molecule has 462 valence electrons. The van der Waals surface area contributed by atoms with Gasteiger partial charge in [0.15, 0.2) is 6.10 Å². The van der Waals surface area contributed by atoms with Crippen LogP contribution in [0.3, 0.4) is 0 Å². The zero-order valence-electron chi connectivity index (χ0n) is 53.0. The standard InChI is InChI=1S/C75H126O6/c1-4-7-10-13-16-19-22-25-28-31-33-34-35-36-37-38-39-40-42-44-47-50-53-56-59-62-65-68-74(77)80-71-72(70-79-73(76)67-64-61-58-55-52-49-46-43-30-27-24-21-18-15-12-9-6-3)81-75(78)69-66-63-60-57-54-51-48-45-41-32-29-26-23-20-17-14-11-8-5-2/h8-9,11-12,17-18,20-21,26-27,29-30,41,45-46,49,51,54-55,58,72H,4-7,10,13-16,19,22-25,28,31-40,42-44,47-48,50,52-53,56-57,59-71H2,1-3H3/b11-8-,12-9-,20-17-,21-18-,29-26-,30-27-,45-41-,49-46-,54-51-,58-55-. The molecule has 0 rings (SSSR count). The molecule has 0 aromatic carbocycles. The molecule has 0 spiro atoms. The van der Waals surface area contributed by atoms with E-state index < -0.39 is 6.10 Å². The average Bonchev–Trinajstić information content (AvgIpc) is 3.47. The molecule has 0 aromatic heterocycles. The predicted molar refractivity (Wildman–Crippen MR) is 353 cm³/mol. The van der Waals surface area contributed by atoms with E-state index in [-0.39, 0.29) is 44.0 Å². The van der Waals surface area contributed by atoms with E-state index in [4.69, 9.17) is 14.2 Å². The van der Waals surface area contributed by atoms with Gasteiger partial charge in [0.25, 0.3) is 0 Å². The highest BCUT2D eigenvalue weighted by Crippen LogP contribution is 2.17. The van der Waals surface area contributed by atoms with Gasteiger partial charge in [0.1, 0.15) is 13.2 Å². The summed E-state index contributed by atoms with van der Waals surface area (Å²) in [6.45, 7) is 6.37. The highest BCUT2D eigenvalue weighted by Gasteiger charge is 2.19. The van der Waals surface area contributed by atoms with Gasteiger partial charge >= 0.3 is 17.9 Å². The Morgan fingerprint density at radius 1 is 0.259 bits per heavy atom. The minimum atomic E-state index is -0.823. The van der Waals surface area contributed by atoms with Gasteiger partial charge < -0.3 is 14.2 Å². The molecule has 0 aliphatic rings. The first-order valence-corrected chi connectivity index (χ1v) is 34.0. The van der Waals surface area contributed by atoms with Crippen molar-refractivity contribution in [1.29, 1.82) is 0 Å². The molecule has 6 heteroatoms. The lowest BCUT2D eigenvalue weighted by Crippen LogP contribution is -2.30. The van der Waals surface area contributed by atoms with Crippen LogP contribution in [0.5, 0.6) is 0 Å². The van der Waals surface area contributed by atoms with Gasteiger partial charge in [-0.25, -0.2) is 0 Å². The van der Waals surface area contributed by atoms with E-state index in [2.05, 4.69) is 142 Å². The third-order valence-electron chi connectivity index (χ3n) is 14.5. The quantitative estimate of drug-likeness (QED) is 0.0261. The highest BCUT2D eigenvalue weighted by atomic mass is 16.6. The molecule has 0 saturated carbocycles. The molecule has 0 saturated heterocycles. The molecule has 6 nitrogen and oxygen atoms in total. The fourth-order valence-electron chi connectivity index (χ4n) is 9.45. The maximum Gasteiger partial charge on any atom is 0.306 e. The molecule has 0 aliphatic heterocycles. The van der Waals surface area contributed by atoms with Gasteiger partial charge in [-0.2, -0.15) is 0 Å². The molecule has 1 unspecified atom stereocenters. The molecule has 0 bridgehead atoms. The van der Waals surface area contributed by atoms with E-state index in [1.165, 1.54) is 154 Å². The fraction of sp³-hybridized carbons (Fsp3) is 0.693. The third-order valence-corrected chi connectivity index (χ3v) is 14.5. The number of carbonyl (C=O) groups excluding carboxylic acids is 3. The summed E-state index contributed by atoms with van der Waals surface area (Å²) in [6.07, 6.45) is 95.2. The van der Waals surface area contributed by atoms with E-state index in [9.17, 15) is 14.4 Å². The van der Waals surface area contributed by atoms with Crippen molar-refractivity contribution in [2.24, 2.45) is 0 Å². The Morgan fingerprint density at radius 3 is 0.802 bits per heavy atom. The fourth-order valence-corrected chi connectivity index (χ4v) is 9.45. The SMILES string of the molecule is CC/C=C\C/C=C\C/C=C\C/C=C\C/C=C\CCCCCC(=O)OC(COC(=O)CCC/C=C\C/C=C\C/C=C\C/C=C\C/C=C\CC)COC(=O)CCCCCCCCCCCCCCCCCCCCCCCCCCCCC. The van der Waals surface area contributed by atoms with Gasteiger partial charge in [-0.15, -0.1) is 0 Å². The van der Waals surface area contributed by atoms with Crippen LogP contribution in [0.2, 0.25) is 0 Å². The first-order valence-electron chi connectivity index (χ1n) is 34.0. The lowest BCUT2D eigenvalue weighted by atomic mass is 10.0. The highest BCUT2D eigenvalue weighted by molar-refractivity contribution is 5.71. The van der Waals surface area contributed by atoms with E-state index in [1.54, 1.807) is 0 Å². The summed E-state index contributed by atoms with van der Waals surface area (Å²) < 4.78 is 16.9. The van der Waals surface area contributed by atoms with Crippen molar-refractivity contribution in [3.63, 3.8) is 0 Å². The number of esters is 3. The molecule has 0 aliphatic carbocycles. The topological polar surface area (TPSA) is 78.9 Å². The average molecular weight is 1120 g/mol. The van der Waals surface area contributed by atoms with Crippen LogP contribution in [0.4, 0.5) is 0 Å². The third kappa shape index (κ3) is 66.5. The first kappa shape index (κ1) is 76.8. The maximum atomic E-state index is 12.9. The van der Waals surface area contributed by atoms with Crippen molar-refractivity contribution in [2.45, 2.75) is 322 Å². The van der Waals surface area contributed by atoms with Crippen molar-refractivity contribution in [1.82, 2.24) is 0 Å². The molecular weight excluding hydrogens is 997 g/mol. The molecule has 1 atom stereocenters. The van der Waals surface area contributed by atoms with Crippen LogP contribution in [0.15, 0.2) is 122 Å².